The van der Waals surface area contributed by atoms with E-state index >= 15 is 0 Å². The second-order valence-electron chi connectivity index (χ2n) is 2.43. The van der Waals surface area contributed by atoms with Crippen LogP contribution >= 0.6 is 0 Å². The van der Waals surface area contributed by atoms with Crippen molar-refractivity contribution in [2.75, 3.05) is 12.5 Å². The van der Waals surface area contributed by atoms with Gasteiger partial charge in [0.1, 0.15) is 6.33 Å². The first-order valence-corrected chi connectivity index (χ1v) is 3.33. The molecule has 0 fully saturated rings. The van der Waals surface area contributed by atoms with Gasteiger partial charge in [0.05, 0.1) is 0 Å². The van der Waals surface area contributed by atoms with Crippen LogP contribution in [0.1, 0.15) is 25.6 Å². The normalized spacial score (nSPS) is 10.4. The van der Waals surface area contributed by atoms with Gasteiger partial charge in [-0.2, -0.15) is 4.79 Å². The minimum atomic E-state index is 0.398. The molecule has 0 unspecified atom stereocenters. The van der Waals surface area contributed by atoms with E-state index in [-0.39, 0.29) is 0 Å². The maximum Gasteiger partial charge on any atom is 0.155 e. The summed E-state index contributed by atoms with van der Waals surface area (Å²) in [5.74, 6) is 1.27. The molecule has 1 N–H and O–H groups in total. The Kier molecular flexibility index (Phi) is 1.89. The van der Waals surface area contributed by atoms with Gasteiger partial charge >= 0.3 is 0 Å². The van der Waals surface area contributed by atoms with E-state index in [1.807, 2.05) is 0 Å². The second kappa shape index (κ2) is 2.68. The van der Waals surface area contributed by atoms with Crippen molar-refractivity contribution in [3.63, 3.8) is 0 Å². The van der Waals surface area contributed by atoms with E-state index in [1.54, 1.807) is 18.2 Å². The molecular weight excluding hydrogens is 128 g/mol. The Bertz CT molecular complexity index is 203. The van der Waals surface area contributed by atoms with E-state index in [0.29, 0.717) is 5.92 Å². The van der Waals surface area contributed by atoms with Gasteiger partial charge < -0.3 is 5.43 Å². The van der Waals surface area contributed by atoms with Crippen LogP contribution in [0.15, 0.2) is 6.33 Å². The molecule has 10 heavy (non-hydrogen) atoms. The fraction of sp³-hybridized carbons (Fsp3) is 0.667. The Hall–Kier alpha value is -1.06. The Morgan fingerprint density at radius 2 is 2.30 bits per heavy atom. The third-order valence-corrected chi connectivity index (χ3v) is 1.26. The number of hydrogen-bond donors (Lipinski definition) is 1. The highest BCUT2D eigenvalue weighted by molar-refractivity contribution is 4.88. The van der Waals surface area contributed by atoms with Crippen molar-refractivity contribution >= 4 is 0 Å². The molecule has 0 spiro atoms. The zero-order chi connectivity index (χ0) is 7.56. The zero-order valence-corrected chi connectivity index (χ0v) is 6.50. The lowest BCUT2D eigenvalue weighted by atomic mass is 10.2. The topological polar surface area (TPSA) is 42.7 Å². The lowest BCUT2D eigenvalue weighted by Gasteiger charge is -1.96. The van der Waals surface area contributed by atoms with Gasteiger partial charge in [-0.3, -0.25) is 0 Å². The lowest BCUT2D eigenvalue weighted by molar-refractivity contribution is 0.718. The molecule has 0 aliphatic carbocycles. The van der Waals surface area contributed by atoms with Crippen LogP contribution in [0.5, 0.6) is 0 Å². The molecular formula is C6H12N4. The van der Waals surface area contributed by atoms with Crippen LogP contribution in [0.2, 0.25) is 0 Å². The smallest absolute Gasteiger partial charge is 0.155 e. The van der Waals surface area contributed by atoms with Gasteiger partial charge in [0.15, 0.2) is 5.82 Å². The summed E-state index contributed by atoms with van der Waals surface area (Å²) in [5.41, 5.74) is 2.85. The monoisotopic (exact) mass is 140 g/mol. The van der Waals surface area contributed by atoms with E-state index in [1.165, 1.54) is 0 Å². The van der Waals surface area contributed by atoms with Gasteiger partial charge in [0.25, 0.3) is 0 Å². The summed E-state index contributed by atoms with van der Waals surface area (Å²) in [6.45, 7) is 4.13. The molecule has 0 radical (unpaired) electrons. The molecule has 0 aromatic carbocycles. The van der Waals surface area contributed by atoms with Crippen LogP contribution in [0.4, 0.5) is 0 Å². The SMILES string of the molecule is CNn1cnc(C(C)C)n1. The number of aromatic nitrogens is 3. The van der Waals surface area contributed by atoms with Crippen LogP contribution in [0.25, 0.3) is 0 Å². The Morgan fingerprint density at radius 3 is 2.60 bits per heavy atom. The predicted octanol–water partition coefficient (Wildman–Crippen LogP) is 0.575. The minimum Gasteiger partial charge on any atom is -0.312 e. The van der Waals surface area contributed by atoms with E-state index in [0.717, 1.165) is 5.82 Å². The number of hydrogen-bond acceptors (Lipinski definition) is 3. The van der Waals surface area contributed by atoms with Crippen LogP contribution < -0.4 is 5.43 Å². The van der Waals surface area contributed by atoms with Gasteiger partial charge in [-0.1, -0.05) is 13.8 Å². The third kappa shape index (κ3) is 1.26. The molecule has 4 nitrogen and oxygen atoms in total. The van der Waals surface area contributed by atoms with Crippen LogP contribution in [0.3, 0.4) is 0 Å². The van der Waals surface area contributed by atoms with E-state index in [2.05, 4.69) is 29.4 Å². The van der Waals surface area contributed by atoms with Crippen molar-refractivity contribution in [3.8, 4) is 0 Å². The number of nitrogens with zero attached hydrogens (tertiary/aromatic N) is 3. The standard InChI is InChI=1S/C6H12N4/c1-5(2)6-8-4-10(7-3)9-6/h4-5,7H,1-3H3. The third-order valence-electron chi connectivity index (χ3n) is 1.26. The van der Waals surface area contributed by atoms with Crippen molar-refractivity contribution in [1.82, 2.24) is 14.9 Å². The average Bonchev–Trinajstić information content (AvgIpc) is 2.34. The maximum absolute atomic E-state index is 4.12. The predicted molar refractivity (Wildman–Crippen MR) is 39.4 cm³/mol. The Labute approximate surface area is 60.2 Å². The minimum absolute atomic E-state index is 0.398. The van der Waals surface area contributed by atoms with Gasteiger partial charge in [-0.15, -0.1) is 5.10 Å². The highest BCUT2D eigenvalue weighted by Gasteiger charge is 2.02. The first-order chi connectivity index (χ1) is 4.74. The van der Waals surface area contributed by atoms with Crippen molar-refractivity contribution in [2.45, 2.75) is 19.8 Å². The summed E-state index contributed by atoms with van der Waals surface area (Å²) in [5, 5.41) is 4.12. The average molecular weight is 140 g/mol. The fourth-order valence-electron chi connectivity index (χ4n) is 0.648. The molecule has 0 saturated carbocycles. The molecule has 56 valence electrons. The quantitative estimate of drug-likeness (QED) is 0.653. The summed E-state index contributed by atoms with van der Waals surface area (Å²) < 4.78 is 0. The molecule has 1 heterocycles. The molecule has 1 rings (SSSR count). The molecule has 0 amide bonds. The van der Waals surface area contributed by atoms with Crippen molar-refractivity contribution in [1.29, 1.82) is 0 Å². The van der Waals surface area contributed by atoms with E-state index < -0.39 is 0 Å². The highest BCUT2D eigenvalue weighted by atomic mass is 15.6. The van der Waals surface area contributed by atoms with Crippen LogP contribution in [-0.2, 0) is 0 Å². The highest BCUT2D eigenvalue weighted by Crippen LogP contribution is 2.05. The molecule has 1 aromatic heterocycles. The molecule has 0 aliphatic heterocycles. The van der Waals surface area contributed by atoms with Crippen molar-refractivity contribution in [3.05, 3.63) is 12.2 Å². The molecule has 4 heteroatoms. The second-order valence-corrected chi connectivity index (χ2v) is 2.43. The summed E-state index contributed by atoms with van der Waals surface area (Å²) in [6, 6.07) is 0. The number of rotatable bonds is 2. The maximum atomic E-state index is 4.12. The van der Waals surface area contributed by atoms with E-state index in [4.69, 9.17) is 0 Å². The van der Waals surface area contributed by atoms with Gasteiger partial charge in [0.2, 0.25) is 0 Å². The summed E-state index contributed by atoms with van der Waals surface area (Å²) >= 11 is 0. The Morgan fingerprint density at radius 1 is 1.60 bits per heavy atom. The summed E-state index contributed by atoms with van der Waals surface area (Å²) in [4.78, 5) is 5.67. The van der Waals surface area contributed by atoms with Crippen molar-refractivity contribution in [2.24, 2.45) is 0 Å². The van der Waals surface area contributed by atoms with Crippen LogP contribution in [0, 0.1) is 0 Å². The zero-order valence-electron chi connectivity index (χ0n) is 6.50. The molecule has 0 aliphatic rings. The number of nitrogens with one attached hydrogen (secondary N) is 1. The molecule has 1 aromatic rings. The summed E-state index contributed by atoms with van der Waals surface area (Å²) in [6.07, 6.45) is 1.66. The van der Waals surface area contributed by atoms with Gasteiger partial charge in [-0.25, -0.2) is 4.98 Å². The van der Waals surface area contributed by atoms with E-state index in [9.17, 15) is 0 Å². The summed E-state index contributed by atoms with van der Waals surface area (Å²) in [7, 11) is 1.80. The first-order valence-electron chi connectivity index (χ1n) is 3.33. The van der Waals surface area contributed by atoms with Crippen molar-refractivity contribution < 1.29 is 0 Å². The first kappa shape index (κ1) is 7.05. The largest absolute Gasteiger partial charge is 0.312 e. The molecule has 0 bridgehead atoms. The lowest BCUT2D eigenvalue weighted by Crippen LogP contribution is -2.09. The van der Waals surface area contributed by atoms with Crippen LogP contribution in [-0.4, -0.2) is 21.9 Å². The van der Waals surface area contributed by atoms with Gasteiger partial charge in [0, 0.05) is 13.0 Å². The Balaban J connectivity index is 2.78. The molecule has 0 atom stereocenters. The molecule has 0 saturated heterocycles. The fourth-order valence-corrected chi connectivity index (χ4v) is 0.648. The van der Waals surface area contributed by atoms with Gasteiger partial charge in [-0.05, 0) is 0 Å².